The molecule has 0 saturated heterocycles. The highest BCUT2D eigenvalue weighted by Gasteiger charge is 2.43. The first-order valence-electron chi connectivity index (χ1n) is 27.4. The monoisotopic (exact) mass is 1000 g/mol. The molecule has 3 heterocycles. The first-order valence-corrected chi connectivity index (χ1v) is 27.4. The van der Waals surface area contributed by atoms with Gasteiger partial charge in [-0.1, -0.05) is 149 Å². The van der Waals surface area contributed by atoms with Gasteiger partial charge in [-0.2, -0.15) is 0 Å². The Bertz CT molecular complexity index is 3030. The number of amides is 6. The second-order valence-corrected chi connectivity index (χ2v) is 21.3. The van der Waals surface area contributed by atoms with E-state index in [0.29, 0.717) is 33.4 Å². The predicted octanol–water partition coefficient (Wildman–Crippen LogP) is 14.5. The fraction of sp³-hybridized carbons (Fsp3) is 0.273. The van der Waals surface area contributed by atoms with Gasteiger partial charge in [0, 0.05) is 35.2 Å². The molecule has 0 spiro atoms. The largest absolute Gasteiger partial charge is 0.311 e. The van der Waals surface area contributed by atoms with E-state index in [2.05, 4.69) is 77.7 Å². The molecular formula is C66H60N4O6. The number of hydrogen-bond donors (Lipinski definition) is 0. The maximum Gasteiger partial charge on any atom is 0.261 e. The smallest absolute Gasteiger partial charge is 0.261 e. The van der Waals surface area contributed by atoms with E-state index >= 15 is 0 Å². The summed E-state index contributed by atoms with van der Waals surface area (Å²) < 4.78 is 0. The minimum Gasteiger partial charge on any atom is -0.311 e. The fourth-order valence-electron chi connectivity index (χ4n) is 12.4. The van der Waals surface area contributed by atoms with E-state index in [-0.39, 0.29) is 53.6 Å². The molecule has 0 radical (unpaired) electrons. The van der Waals surface area contributed by atoms with Crippen molar-refractivity contribution in [2.24, 2.45) is 0 Å². The van der Waals surface area contributed by atoms with Crippen LogP contribution in [-0.2, 0) is 0 Å². The number of hydrogen-bond acceptors (Lipinski definition) is 7. The minimum atomic E-state index is -0.187. The Hall–Kier alpha value is -8.24. The lowest BCUT2D eigenvalue weighted by atomic mass is 9.94. The van der Waals surface area contributed by atoms with Crippen LogP contribution in [0.15, 0.2) is 127 Å². The Kier molecular flexibility index (Phi) is 13.3. The van der Waals surface area contributed by atoms with E-state index in [9.17, 15) is 28.8 Å². The normalized spacial score (nSPS) is 18.6. The number of benzene rings is 6. The lowest BCUT2D eigenvalue weighted by Crippen LogP contribution is -2.40. The van der Waals surface area contributed by atoms with Crippen molar-refractivity contribution in [3.63, 3.8) is 0 Å². The molecule has 6 aliphatic rings. The van der Waals surface area contributed by atoms with Crippen LogP contribution in [0.4, 0.5) is 17.1 Å². The Morgan fingerprint density at radius 3 is 0.763 bits per heavy atom. The second kappa shape index (κ2) is 20.8. The van der Waals surface area contributed by atoms with Crippen molar-refractivity contribution in [1.29, 1.82) is 0 Å². The van der Waals surface area contributed by atoms with E-state index in [0.717, 1.165) is 147 Å². The summed E-state index contributed by atoms with van der Waals surface area (Å²) in [5, 5.41) is 0. The van der Waals surface area contributed by atoms with Crippen molar-refractivity contribution >= 4 is 89.0 Å². The maximum atomic E-state index is 13.5. The van der Waals surface area contributed by atoms with Crippen molar-refractivity contribution in [3.05, 3.63) is 194 Å². The van der Waals surface area contributed by atoms with E-state index < -0.39 is 0 Å². The molecule has 10 nitrogen and oxygen atoms in total. The van der Waals surface area contributed by atoms with E-state index in [1.54, 1.807) is 18.2 Å². The fourth-order valence-corrected chi connectivity index (χ4v) is 12.4. The highest BCUT2D eigenvalue weighted by atomic mass is 16.2. The van der Waals surface area contributed by atoms with Crippen LogP contribution in [0.3, 0.4) is 0 Å². The van der Waals surface area contributed by atoms with Crippen LogP contribution < -0.4 is 4.90 Å². The number of carbonyl (C=O) groups excluding carboxylic acids is 6. The maximum absolute atomic E-state index is 13.5. The van der Waals surface area contributed by atoms with Gasteiger partial charge in [0.05, 0.1) is 33.4 Å². The molecule has 3 aliphatic carbocycles. The molecular weight excluding hydrogens is 945 g/mol. The van der Waals surface area contributed by atoms with Crippen molar-refractivity contribution in [2.75, 3.05) is 4.90 Å². The highest BCUT2D eigenvalue weighted by Crippen LogP contribution is 2.38. The van der Waals surface area contributed by atoms with Crippen LogP contribution in [0.1, 0.15) is 192 Å². The molecule has 6 aromatic carbocycles. The van der Waals surface area contributed by atoms with Gasteiger partial charge in [0.1, 0.15) is 0 Å². The zero-order valence-electron chi connectivity index (χ0n) is 42.7. The van der Waals surface area contributed by atoms with Gasteiger partial charge < -0.3 is 4.90 Å². The molecule has 0 atom stereocenters. The molecule has 3 fully saturated rings. The van der Waals surface area contributed by atoms with Crippen LogP contribution in [0, 0.1) is 0 Å². The third kappa shape index (κ3) is 9.35. The van der Waals surface area contributed by atoms with Crippen LogP contribution in [0.5, 0.6) is 0 Å². The standard InChI is InChI=1S/C66H60N4O6/c71-61-55-37-28-46(40-58(55)64(74)68(61)49-10-4-1-5-11-49)19-16-43-22-31-52(32-23-43)67(53-33-24-44(25-34-53)17-20-47-29-38-56-59(41-47)65(75)69(62(56)72)50-12-6-2-7-13-50)54-35-26-45(27-36-54)18-21-48-30-39-57-60(42-48)66(76)70(63(57)73)51-14-8-3-9-15-51/h16-42,49-51H,1-15H2/b19-16+,20-17+,21-18+. The third-order valence-corrected chi connectivity index (χ3v) is 16.5. The lowest BCUT2D eigenvalue weighted by molar-refractivity contribution is 0.0533. The van der Waals surface area contributed by atoms with Gasteiger partial charge in [0.2, 0.25) is 0 Å². The summed E-state index contributed by atoms with van der Waals surface area (Å²) in [5.74, 6) is -1.09. The molecule has 76 heavy (non-hydrogen) atoms. The quantitative estimate of drug-likeness (QED) is 0.0885. The third-order valence-electron chi connectivity index (χ3n) is 16.5. The Balaban J connectivity index is 0.785. The van der Waals surface area contributed by atoms with E-state index in [4.69, 9.17) is 0 Å². The minimum absolute atomic E-state index is 0.0218. The van der Waals surface area contributed by atoms with Crippen LogP contribution in [-0.4, -0.2) is 68.3 Å². The van der Waals surface area contributed by atoms with Gasteiger partial charge in [-0.15, -0.1) is 0 Å². The van der Waals surface area contributed by atoms with Crippen molar-refractivity contribution < 1.29 is 28.8 Å². The molecule has 0 unspecified atom stereocenters. The number of nitrogens with zero attached hydrogens (tertiary/aromatic N) is 4. The van der Waals surface area contributed by atoms with Gasteiger partial charge in [-0.25, -0.2) is 0 Å². The molecule has 0 N–H and O–H groups in total. The van der Waals surface area contributed by atoms with Crippen LogP contribution >= 0.6 is 0 Å². The number of imide groups is 3. The Labute approximate surface area is 444 Å². The number of rotatable bonds is 12. The summed E-state index contributed by atoms with van der Waals surface area (Å²) in [5.41, 5.74) is 11.1. The van der Waals surface area contributed by atoms with Gasteiger partial charge in [0.25, 0.3) is 35.4 Å². The van der Waals surface area contributed by atoms with Gasteiger partial charge in [-0.3, -0.25) is 43.5 Å². The molecule has 0 aromatic heterocycles. The molecule has 3 saturated carbocycles. The molecule has 3 aliphatic heterocycles. The van der Waals surface area contributed by atoms with Gasteiger partial charge in [0.15, 0.2) is 0 Å². The SMILES string of the molecule is O=C1c2ccc(/C=C/c3ccc(N(c4ccc(/C=C/c5ccc6c(c5)C(=O)N(C5CCCCC5)C6=O)cc4)c4ccc(/C=C/c5ccc6c(c5)C(=O)N(C5CCCCC5)C6=O)cc4)cc3)cc2C(=O)N1C1CCCCC1. The average molecular weight is 1010 g/mol. The number of fused-ring (bicyclic) bond motifs is 3. The zero-order chi connectivity index (χ0) is 51.9. The molecule has 6 aromatic rings. The van der Waals surface area contributed by atoms with Crippen molar-refractivity contribution in [2.45, 2.75) is 114 Å². The van der Waals surface area contributed by atoms with Gasteiger partial charge in [-0.05, 0) is 145 Å². The second-order valence-electron chi connectivity index (χ2n) is 21.3. The van der Waals surface area contributed by atoms with Crippen LogP contribution in [0.2, 0.25) is 0 Å². The summed E-state index contributed by atoms with van der Waals surface area (Å²) in [6.45, 7) is 0. The summed E-state index contributed by atoms with van der Waals surface area (Å²) in [4.78, 5) is 87.2. The summed E-state index contributed by atoms with van der Waals surface area (Å²) in [7, 11) is 0. The first kappa shape index (κ1) is 48.7. The summed E-state index contributed by atoms with van der Waals surface area (Å²) in [6, 6.07) is 41.4. The van der Waals surface area contributed by atoms with Crippen molar-refractivity contribution in [3.8, 4) is 0 Å². The Morgan fingerprint density at radius 2 is 0.500 bits per heavy atom. The summed E-state index contributed by atoms with van der Waals surface area (Å²) in [6.07, 6.45) is 26.9. The number of carbonyl (C=O) groups is 6. The molecule has 12 rings (SSSR count). The Morgan fingerprint density at radius 1 is 0.276 bits per heavy atom. The molecule has 10 heteroatoms. The molecule has 380 valence electrons. The van der Waals surface area contributed by atoms with E-state index in [1.165, 1.54) is 14.7 Å². The summed E-state index contributed by atoms with van der Waals surface area (Å²) >= 11 is 0. The first-order chi connectivity index (χ1) is 37.2. The predicted molar refractivity (Wildman–Crippen MR) is 299 cm³/mol. The molecule has 0 bridgehead atoms. The van der Waals surface area contributed by atoms with Crippen LogP contribution in [0.25, 0.3) is 36.5 Å². The topological polar surface area (TPSA) is 115 Å². The average Bonchev–Trinajstić information content (AvgIpc) is 3.99. The zero-order valence-corrected chi connectivity index (χ0v) is 42.7. The van der Waals surface area contributed by atoms with Gasteiger partial charge >= 0.3 is 0 Å². The number of anilines is 3. The van der Waals surface area contributed by atoms with E-state index in [1.807, 2.05) is 72.9 Å². The highest BCUT2D eigenvalue weighted by molar-refractivity contribution is 6.23. The molecule has 6 amide bonds. The lowest BCUT2D eigenvalue weighted by Gasteiger charge is -2.29. The van der Waals surface area contributed by atoms with Crippen molar-refractivity contribution in [1.82, 2.24) is 14.7 Å².